The second-order valence-electron chi connectivity index (χ2n) is 6.31. The summed E-state index contributed by atoms with van der Waals surface area (Å²) >= 11 is 0. The number of hydrogen-bond donors (Lipinski definition) is 1. The first-order valence-electron chi connectivity index (χ1n) is 8.55. The molecular weight excluding hydrogens is 353 g/mol. The van der Waals surface area contributed by atoms with E-state index >= 15 is 0 Å². The Balaban J connectivity index is 1.60. The Hall–Kier alpha value is -3.15. The van der Waals surface area contributed by atoms with Crippen molar-refractivity contribution in [2.45, 2.75) is 19.3 Å². The number of aryl methyl sites for hydroxylation is 2. The number of H-pyrrole nitrogens is 1. The van der Waals surface area contributed by atoms with Crippen LogP contribution in [0.25, 0.3) is 22.0 Å². The van der Waals surface area contributed by atoms with Gasteiger partial charge in [-0.25, -0.2) is 0 Å². The third-order valence-electron chi connectivity index (χ3n) is 4.42. The van der Waals surface area contributed by atoms with Gasteiger partial charge in [0.05, 0.1) is 5.52 Å². The largest absolute Gasteiger partial charge is 0.573 e. The molecular formula is C21H17F3N2O. The number of alkyl halides is 3. The van der Waals surface area contributed by atoms with Gasteiger partial charge in [-0.1, -0.05) is 30.3 Å². The number of rotatable bonds is 5. The lowest BCUT2D eigenvalue weighted by Crippen LogP contribution is -2.16. The Labute approximate surface area is 154 Å². The van der Waals surface area contributed by atoms with Crippen molar-refractivity contribution < 1.29 is 17.9 Å². The minimum absolute atomic E-state index is 0.225. The fourth-order valence-corrected chi connectivity index (χ4v) is 3.19. The molecule has 0 aliphatic carbocycles. The second kappa shape index (κ2) is 6.87. The molecule has 0 fully saturated rings. The van der Waals surface area contributed by atoms with E-state index in [-0.39, 0.29) is 5.75 Å². The van der Waals surface area contributed by atoms with Crippen molar-refractivity contribution in [1.29, 1.82) is 0 Å². The monoisotopic (exact) mass is 370 g/mol. The van der Waals surface area contributed by atoms with E-state index in [2.05, 4.69) is 20.4 Å². The molecule has 4 rings (SSSR count). The molecule has 2 aromatic heterocycles. The molecule has 0 aliphatic heterocycles. The number of para-hydroxylation sites is 1. The predicted molar refractivity (Wildman–Crippen MR) is 98.6 cm³/mol. The van der Waals surface area contributed by atoms with Gasteiger partial charge in [0.25, 0.3) is 0 Å². The van der Waals surface area contributed by atoms with Crippen molar-refractivity contribution in [3.05, 3.63) is 78.8 Å². The van der Waals surface area contributed by atoms with Crippen LogP contribution >= 0.6 is 0 Å². The molecule has 27 heavy (non-hydrogen) atoms. The summed E-state index contributed by atoms with van der Waals surface area (Å²) in [7, 11) is 0. The minimum atomic E-state index is -4.68. The van der Waals surface area contributed by atoms with E-state index in [1.54, 1.807) is 12.1 Å². The van der Waals surface area contributed by atoms with E-state index in [0.717, 1.165) is 40.7 Å². The topological polar surface area (TPSA) is 29.9 Å². The number of nitrogens with one attached hydrogen (secondary N) is 1. The molecule has 2 aromatic carbocycles. The van der Waals surface area contributed by atoms with Gasteiger partial charge in [0, 0.05) is 42.0 Å². The maximum atomic E-state index is 12.3. The van der Waals surface area contributed by atoms with E-state index < -0.39 is 6.36 Å². The van der Waals surface area contributed by atoms with Gasteiger partial charge < -0.3 is 14.3 Å². The van der Waals surface area contributed by atoms with Crippen LogP contribution in [0.2, 0.25) is 0 Å². The highest BCUT2D eigenvalue weighted by Gasteiger charge is 2.30. The summed E-state index contributed by atoms with van der Waals surface area (Å²) in [6.45, 7) is 0.874. The van der Waals surface area contributed by atoms with Gasteiger partial charge in [-0.15, -0.1) is 13.2 Å². The SMILES string of the molecule is FC(F)(F)Oc1ccc(-c2cccc3cc(CCn4cccc4)[nH]c23)cc1. The van der Waals surface area contributed by atoms with Gasteiger partial charge in [-0.2, -0.15) is 0 Å². The Morgan fingerprint density at radius 1 is 0.926 bits per heavy atom. The average molecular weight is 370 g/mol. The Morgan fingerprint density at radius 3 is 2.37 bits per heavy atom. The molecule has 0 atom stereocenters. The number of halogens is 3. The van der Waals surface area contributed by atoms with Gasteiger partial charge in [0.15, 0.2) is 0 Å². The first-order chi connectivity index (χ1) is 13.0. The summed E-state index contributed by atoms with van der Waals surface area (Å²) in [5.41, 5.74) is 3.86. The Morgan fingerprint density at radius 2 is 1.67 bits per heavy atom. The van der Waals surface area contributed by atoms with E-state index in [4.69, 9.17) is 0 Å². The second-order valence-corrected chi connectivity index (χ2v) is 6.31. The molecule has 1 N–H and O–H groups in total. The third-order valence-corrected chi connectivity index (χ3v) is 4.42. The van der Waals surface area contributed by atoms with E-state index in [9.17, 15) is 13.2 Å². The van der Waals surface area contributed by atoms with Crippen molar-refractivity contribution in [2.24, 2.45) is 0 Å². The van der Waals surface area contributed by atoms with Crippen LogP contribution in [0, 0.1) is 0 Å². The van der Waals surface area contributed by atoms with Gasteiger partial charge in [-0.3, -0.25) is 0 Å². The molecule has 0 unspecified atom stereocenters. The van der Waals surface area contributed by atoms with E-state index in [1.165, 1.54) is 12.1 Å². The highest BCUT2D eigenvalue weighted by atomic mass is 19.4. The maximum Gasteiger partial charge on any atom is 0.573 e. The van der Waals surface area contributed by atoms with Crippen molar-refractivity contribution in [1.82, 2.24) is 9.55 Å². The molecule has 3 nitrogen and oxygen atoms in total. The summed E-state index contributed by atoms with van der Waals surface area (Å²) in [6.07, 6.45) is 0.230. The van der Waals surface area contributed by atoms with Crippen LogP contribution in [0.5, 0.6) is 5.75 Å². The molecule has 0 amide bonds. The molecule has 0 bridgehead atoms. The van der Waals surface area contributed by atoms with E-state index in [0.29, 0.717) is 0 Å². The molecule has 2 heterocycles. The first-order valence-corrected chi connectivity index (χ1v) is 8.55. The fraction of sp³-hybridized carbons (Fsp3) is 0.143. The zero-order chi connectivity index (χ0) is 18.9. The summed E-state index contributed by atoms with van der Waals surface area (Å²) in [6, 6.07) is 18.0. The quantitative estimate of drug-likeness (QED) is 0.474. The Kier molecular flexibility index (Phi) is 4.39. The number of ether oxygens (including phenoxy) is 1. The molecule has 6 heteroatoms. The number of nitrogens with zero attached hydrogens (tertiary/aromatic N) is 1. The number of fused-ring (bicyclic) bond motifs is 1. The molecule has 0 spiro atoms. The zero-order valence-corrected chi connectivity index (χ0v) is 14.3. The molecule has 0 saturated heterocycles. The molecule has 0 radical (unpaired) electrons. The maximum absolute atomic E-state index is 12.3. The zero-order valence-electron chi connectivity index (χ0n) is 14.3. The lowest BCUT2D eigenvalue weighted by Gasteiger charge is -2.09. The summed E-state index contributed by atoms with van der Waals surface area (Å²) < 4.78 is 43.0. The molecule has 0 saturated carbocycles. The summed E-state index contributed by atoms with van der Waals surface area (Å²) in [4.78, 5) is 3.45. The van der Waals surface area contributed by atoms with Gasteiger partial charge in [0.2, 0.25) is 0 Å². The highest BCUT2D eigenvalue weighted by molar-refractivity contribution is 5.94. The van der Waals surface area contributed by atoms with Gasteiger partial charge in [0.1, 0.15) is 5.75 Å². The standard InChI is InChI=1S/C21H17F3N2O/c22-21(23,24)27-18-8-6-15(7-9-18)19-5-3-4-16-14-17(25-20(16)19)10-13-26-11-1-2-12-26/h1-9,11-12,14,25H,10,13H2. The van der Waals surface area contributed by atoms with Gasteiger partial charge in [-0.05, 0) is 35.9 Å². The fourth-order valence-electron chi connectivity index (χ4n) is 3.19. The van der Waals surface area contributed by atoms with Crippen LogP contribution in [0.3, 0.4) is 0 Å². The third kappa shape index (κ3) is 4.00. The smallest absolute Gasteiger partial charge is 0.406 e. The predicted octanol–water partition coefficient (Wildman–Crippen LogP) is 5.78. The van der Waals surface area contributed by atoms with Crippen LogP contribution in [0.4, 0.5) is 13.2 Å². The minimum Gasteiger partial charge on any atom is -0.406 e. The van der Waals surface area contributed by atoms with Crippen LogP contribution in [0.15, 0.2) is 73.1 Å². The average Bonchev–Trinajstić information content (AvgIpc) is 3.28. The van der Waals surface area contributed by atoms with Crippen molar-refractivity contribution >= 4 is 10.9 Å². The van der Waals surface area contributed by atoms with Crippen LogP contribution in [-0.4, -0.2) is 15.9 Å². The van der Waals surface area contributed by atoms with Crippen LogP contribution in [0.1, 0.15) is 5.69 Å². The first kappa shape index (κ1) is 17.3. The molecule has 138 valence electrons. The van der Waals surface area contributed by atoms with Crippen LogP contribution in [-0.2, 0) is 13.0 Å². The van der Waals surface area contributed by atoms with Gasteiger partial charge >= 0.3 is 6.36 Å². The number of hydrogen-bond acceptors (Lipinski definition) is 1. The highest BCUT2D eigenvalue weighted by Crippen LogP contribution is 2.31. The lowest BCUT2D eigenvalue weighted by molar-refractivity contribution is -0.274. The van der Waals surface area contributed by atoms with Crippen LogP contribution < -0.4 is 4.74 Å². The molecule has 0 aliphatic rings. The lowest BCUT2D eigenvalue weighted by atomic mass is 10.0. The summed E-state index contributed by atoms with van der Waals surface area (Å²) in [5, 5.41) is 1.07. The van der Waals surface area contributed by atoms with Crippen molar-refractivity contribution in [2.75, 3.05) is 0 Å². The number of aromatic amines is 1. The summed E-state index contributed by atoms with van der Waals surface area (Å²) in [5.74, 6) is -0.225. The van der Waals surface area contributed by atoms with E-state index in [1.807, 2.05) is 42.7 Å². The Bertz CT molecular complexity index is 1030. The van der Waals surface area contributed by atoms with Crippen molar-refractivity contribution in [3.63, 3.8) is 0 Å². The van der Waals surface area contributed by atoms with Crippen molar-refractivity contribution in [3.8, 4) is 16.9 Å². The number of benzene rings is 2. The normalized spacial score (nSPS) is 11.8. The number of aromatic nitrogens is 2. The molecule has 4 aromatic rings.